The van der Waals surface area contributed by atoms with Crippen LogP contribution in [-0.2, 0) is 6.42 Å². The van der Waals surface area contributed by atoms with E-state index in [0.29, 0.717) is 35.7 Å². The number of aromatic carboxylic acids is 1. The molecule has 6 heteroatoms. The monoisotopic (exact) mass is 387 g/mol. The second-order valence-electron chi connectivity index (χ2n) is 7.48. The Bertz CT molecular complexity index is 812. The van der Waals surface area contributed by atoms with Gasteiger partial charge in [0, 0.05) is 11.1 Å². The van der Waals surface area contributed by atoms with Crippen molar-refractivity contribution in [2.24, 2.45) is 5.73 Å². The molecule has 0 radical (unpaired) electrons. The molecule has 0 aliphatic rings. The summed E-state index contributed by atoms with van der Waals surface area (Å²) in [6.07, 6.45) is 1.11. The Balaban J connectivity index is 2.64. The first-order chi connectivity index (χ1) is 13.2. The maximum absolute atomic E-state index is 12.0. The normalized spacial score (nSPS) is 12.4. The van der Waals surface area contributed by atoms with E-state index in [4.69, 9.17) is 19.9 Å². The van der Waals surface area contributed by atoms with Gasteiger partial charge < -0.3 is 25.1 Å². The Morgan fingerprint density at radius 2 is 1.68 bits per heavy atom. The van der Waals surface area contributed by atoms with Gasteiger partial charge >= 0.3 is 5.97 Å². The summed E-state index contributed by atoms with van der Waals surface area (Å²) < 4.78 is 16.3. The van der Waals surface area contributed by atoms with E-state index in [1.54, 1.807) is 0 Å². The summed E-state index contributed by atoms with van der Waals surface area (Å²) in [5.74, 6) is 0.0223. The lowest BCUT2D eigenvalue weighted by atomic mass is 9.81. The van der Waals surface area contributed by atoms with Crippen molar-refractivity contribution < 1.29 is 24.1 Å². The standard InChI is InChI=1S/C22H29NO5/c1-22(2,23)13-15(14-9-7-6-8-10-14)11-16-17(21(24)25)12-18(26-3)20(28-5)19(16)27-4/h6-10,12,15H,11,13,23H2,1-5H3,(H,24,25). The van der Waals surface area contributed by atoms with Crippen molar-refractivity contribution in [2.45, 2.75) is 38.1 Å². The number of carbonyl (C=O) groups is 1. The Morgan fingerprint density at radius 1 is 1.07 bits per heavy atom. The molecule has 0 aliphatic carbocycles. The van der Waals surface area contributed by atoms with Crippen molar-refractivity contribution in [3.05, 3.63) is 53.1 Å². The van der Waals surface area contributed by atoms with Crippen molar-refractivity contribution in [1.29, 1.82) is 0 Å². The highest BCUT2D eigenvalue weighted by molar-refractivity contribution is 5.92. The number of carboxylic acid groups (broad SMARTS) is 1. The van der Waals surface area contributed by atoms with Crippen LogP contribution in [0.1, 0.15) is 47.7 Å². The average molecular weight is 387 g/mol. The van der Waals surface area contributed by atoms with Gasteiger partial charge in [0.25, 0.3) is 0 Å². The molecule has 152 valence electrons. The summed E-state index contributed by atoms with van der Waals surface area (Å²) in [5, 5.41) is 9.81. The molecule has 28 heavy (non-hydrogen) atoms. The molecule has 2 aromatic rings. The minimum Gasteiger partial charge on any atom is -0.493 e. The van der Waals surface area contributed by atoms with Gasteiger partial charge in [0.1, 0.15) is 0 Å². The van der Waals surface area contributed by atoms with Gasteiger partial charge in [0.15, 0.2) is 11.5 Å². The Kier molecular flexibility index (Phi) is 6.91. The smallest absolute Gasteiger partial charge is 0.336 e. The van der Waals surface area contributed by atoms with Gasteiger partial charge in [-0.05, 0) is 44.2 Å². The zero-order valence-corrected chi connectivity index (χ0v) is 17.1. The quantitative estimate of drug-likeness (QED) is 0.679. The molecule has 0 heterocycles. The molecule has 0 aliphatic heterocycles. The lowest BCUT2D eigenvalue weighted by Gasteiger charge is -2.28. The van der Waals surface area contributed by atoms with Crippen molar-refractivity contribution in [3.8, 4) is 17.2 Å². The second-order valence-corrected chi connectivity index (χ2v) is 7.48. The van der Waals surface area contributed by atoms with Crippen LogP contribution in [0.15, 0.2) is 36.4 Å². The number of nitrogens with two attached hydrogens (primary N) is 1. The molecule has 0 fully saturated rings. The number of ether oxygens (including phenoxy) is 3. The maximum atomic E-state index is 12.0. The number of rotatable bonds is 9. The van der Waals surface area contributed by atoms with Crippen LogP contribution in [0.25, 0.3) is 0 Å². The molecular weight excluding hydrogens is 358 g/mol. The van der Waals surface area contributed by atoms with E-state index < -0.39 is 11.5 Å². The van der Waals surface area contributed by atoms with E-state index in [-0.39, 0.29) is 11.5 Å². The molecule has 2 aromatic carbocycles. The number of benzene rings is 2. The van der Waals surface area contributed by atoms with Crippen LogP contribution in [0.2, 0.25) is 0 Å². The van der Waals surface area contributed by atoms with Gasteiger partial charge in [-0.1, -0.05) is 30.3 Å². The highest BCUT2D eigenvalue weighted by atomic mass is 16.5. The van der Waals surface area contributed by atoms with Gasteiger partial charge in [-0.3, -0.25) is 0 Å². The number of hydrogen-bond donors (Lipinski definition) is 2. The second kappa shape index (κ2) is 8.97. The first-order valence-corrected chi connectivity index (χ1v) is 9.10. The Morgan fingerprint density at radius 3 is 2.14 bits per heavy atom. The van der Waals surface area contributed by atoms with Crippen LogP contribution in [-0.4, -0.2) is 37.9 Å². The predicted molar refractivity (Wildman–Crippen MR) is 109 cm³/mol. The molecular formula is C22H29NO5. The summed E-state index contributed by atoms with van der Waals surface area (Å²) in [6, 6.07) is 11.4. The first kappa shape index (κ1) is 21.6. The molecule has 0 saturated carbocycles. The van der Waals surface area contributed by atoms with E-state index in [0.717, 1.165) is 5.56 Å². The number of methoxy groups -OCH3 is 3. The third kappa shape index (κ3) is 4.95. The fraction of sp³-hybridized carbons (Fsp3) is 0.409. The lowest BCUT2D eigenvalue weighted by Crippen LogP contribution is -2.34. The Labute approximate surface area is 166 Å². The van der Waals surface area contributed by atoms with Crippen molar-refractivity contribution in [3.63, 3.8) is 0 Å². The van der Waals surface area contributed by atoms with Crippen molar-refractivity contribution in [1.82, 2.24) is 0 Å². The van der Waals surface area contributed by atoms with E-state index in [9.17, 15) is 9.90 Å². The van der Waals surface area contributed by atoms with Gasteiger partial charge in [-0.2, -0.15) is 0 Å². The van der Waals surface area contributed by atoms with Crippen molar-refractivity contribution >= 4 is 5.97 Å². The zero-order valence-electron chi connectivity index (χ0n) is 17.1. The molecule has 0 bridgehead atoms. The lowest BCUT2D eigenvalue weighted by molar-refractivity contribution is 0.0694. The molecule has 1 unspecified atom stereocenters. The summed E-state index contributed by atoms with van der Waals surface area (Å²) in [4.78, 5) is 12.0. The van der Waals surface area contributed by atoms with E-state index >= 15 is 0 Å². The third-order valence-corrected chi connectivity index (χ3v) is 4.66. The van der Waals surface area contributed by atoms with Crippen LogP contribution in [0.4, 0.5) is 0 Å². The fourth-order valence-electron chi connectivity index (χ4n) is 3.52. The minimum atomic E-state index is -1.05. The summed E-state index contributed by atoms with van der Waals surface area (Å²) in [5.41, 5.74) is 7.66. The Hall–Kier alpha value is -2.73. The van der Waals surface area contributed by atoms with Crippen LogP contribution >= 0.6 is 0 Å². The molecule has 1 atom stereocenters. The molecule has 0 aromatic heterocycles. The SMILES string of the molecule is COc1cc(C(=O)O)c(CC(CC(C)(C)N)c2ccccc2)c(OC)c1OC. The van der Waals surface area contributed by atoms with Crippen LogP contribution in [0.3, 0.4) is 0 Å². The molecule has 3 N–H and O–H groups in total. The third-order valence-electron chi connectivity index (χ3n) is 4.66. The molecule has 6 nitrogen and oxygen atoms in total. The summed E-state index contributed by atoms with van der Waals surface area (Å²) in [7, 11) is 4.46. The van der Waals surface area contributed by atoms with Gasteiger partial charge in [0.2, 0.25) is 5.75 Å². The first-order valence-electron chi connectivity index (χ1n) is 9.10. The topological polar surface area (TPSA) is 91.0 Å². The van der Waals surface area contributed by atoms with Crippen molar-refractivity contribution in [2.75, 3.05) is 21.3 Å². The summed E-state index contributed by atoms with van der Waals surface area (Å²) in [6.45, 7) is 3.93. The predicted octanol–water partition coefficient (Wildman–Crippen LogP) is 3.86. The molecule has 2 rings (SSSR count). The van der Waals surface area contributed by atoms with E-state index in [1.165, 1.54) is 27.4 Å². The molecule has 0 saturated heterocycles. The number of carboxylic acids is 1. The molecule has 0 amide bonds. The largest absolute Gasteiger partial charge is 0.493 e. The highest BCUT2D eigenvalue weighted by Gasteiger charge is 2.28. The number of hydrogen-bond acceptors (Lipinski definition) is 5. The van der Waals surface area contributed by atoms with E-state index in [1.807, 2.05) is 44.2 Å². The van der Waals surface area contributed by atoms with Gasteiger partial charge in [-0.15, -0.1) is 0 Å². The van der Waals surface area contributed by atoms with Crippen LogP contribution in [0.5, 0.6) is 17.2 Å². The van der Waals surface area contributed by atoms with E-state index in [2.05, 4.69) is 0 Å². The minimum absolute atomic E-state index is 0.00583. The zero-order chi connectivity index (χ0) is 20.9. The average Bonchev–Trinajstić information content (AvgIpc) is 2.65. The van der Waals surface area contributed by atoms with Gasteiger partial charge in [-0.25, -0.2) is 4.79 Å². The highest BCUT2D eigenvalue weighted by Crippen LogP contribution is 2.44. The molecule has 0 spiro atoms. The van der Waals surface area contributed by atoms with Crippen LogP contribution < -0.4 is 19.9 Å². The maximum Gasteiger partial charge on any atom is 0.336 e. The summed E-state index contributed by atoms with van der Waals surface area (Å²) >= 11 is 0. The fourth-order valence-corrected chi connectivity index (χ4v) is 3.52. The van der Waals surface area contributed by atoms with Gasteiger partial charge in [0.05, 0.1) is 26.9 Å². The van der Waals surface area contributed by atoms with Crippen LogP contribution in [0, 0.1) is 0 Å².